The Morgan fingerprint density at radius 1 is 1.21 bits per heavy atom. The summed E-state index contributed by atoms with van der Waals surface area (Å²) in [6.45, 7) is 2.01. The van der Waals surface area contributed by atoms with Crippen LogP contribution in [0.3, 0.4) is 0 Å². The van der Waals surface area contributed by atoms with Gasteiger partial charge in [0.15, 0.2) is 0 Å². The zero-order valence-corrected chi connectivity index (χ0v) is 16.2. The summed E-state index contributed by atoms with van der Waals surface area (Å²) in [7, 11) is 1.68. The van der Waals surface area contributed by atoms with E-state index < -0.39 is 0 Å². The number of methoxy groups -OCH3 is 1. The molecule has 0 aliphatic carbocycles. The van der Waals surface area contributed by atoms with Crippen molar-refractivity contribution in [3.63, 3.8) is 0 Å². The SMILES string of the molecule is COc1cc2ncc(-c3cccc(NC4CCNC4)n3)n2cc1-c1ccncc1. The van der Waals surface area contributed by atoms with Gasteiger partial charge >= 0.3 is 0 Å². The number of ether oxygens (including phenoxy) is 1. The molecule has 5 heterocycles. The van der Waals surface area contributed by atoms with Crippen LogP contribution in [-0.4, -0.2) is 45.6 Å². The molecule has 7 heteroatoms. The highest BCUT2D eigenvalue weighted by Gasteiger charge is 2.16. The molecule has 0 spiro atoms. The topological polar surface area (TPSA) is 76.4 Å². The standard InChI is InChI=1S/C22H22N6O/c1-29-20-11-22-25-13-19(28(22)14-17(20)15-5-8-23-9-6-15)18-3-2-4-21(27-18)26-16-7-10-24-12-16/h2-6,8-9,11,13-14,16,24H,7,10,12H2,1H3,(H,26,27). The van der Waals surface area contributed by atoms with Crippen LogP contribution in [0.15, 0.2) is 61.2 Å². The summed E-state index contributed by atoms with van der Waals surface area (Å²) in [5.74, 6) is 1.66. The molecule has 1 aliphatic rings. The first-order valence-corrected chi connectivity index (χ1v) is 9.72. The highest BCUT2D eigenvalue weighted by atomic mass is 16.5. The average molecular weight is 386 g/mol. The number of rotatable bonds is 5. The molecule has 0 amide bonds. The van der Waals surface area contributed by atoms with Gasteiger partial charge in [-0.3, -0.25) is 9.38 Å². The van der Waals surface area contributed by atoms with Crippen LogP contribution in [0.25, 0.3) is 28.2 Å². The van der Waals surface area contributed by atoms with Gasteiger partial charge in [-0.15, -0.1) is 0 Å². The Labute approximate surface area is 168 Å². The second-order valence-electron chi connectivity index (χ2n) is 7.11. The molecule has 5 rings (SSSR count). The second-order valence-corrected chi connectivity index (χ2v) is 7.11. The maximum Gasteiger partial charge on any atom is 0.140 e. The Bertz CT molecular complexity index is 1130. The van der Waals surface area contributed by atoms with Crippen LogP contribution in [0.2, 0.25) is 0 Å². The number of hydrogen-bond acceptors (Lipinski definition) is 6. The fraction of sp³-hybridized carbons (Fsp3) is 0.227. The monoisotopic (exact) mass is 386 g/mol. The Kier molecular flexibility index (Phi) is 4.57. The second kappa shape index (κ2) is 7.52. The van der Waals surface area contributed by atoms with E-state index in [1.807, 2.05) is 42.6 Å². The predicted molar refractivity (Wildman–Crippen MR) is 113 cm³/mol. The largest absolute Gasteiger partial charge is 0.496 e. The fourth-order valence-electron chi connectivity index (χ4n) is 3.76. The van der Waals surface area contributed by atoms with Gasteiger partial charge in [0.05, 0.1) is 24.7 Å². The fourth-order valence-corrected chi connectivity index (χ4v) is 3.76. The molecular formula is C22H22N6O. The quantitative estimate of drug-likeness (QED) is 0.548. The molecule has 1 saturated heterocycles. The van der Waals surface area contributed by atoms with Gasteiger partial charge in [0.2, 0.25) is 0 Å². The highest BCUT2D eigenvalue weighted by Crippen LogP contribution is 2.32. The lowest BCUT2D eigenvalue weighted by Crippen LogP contribution is -2.22. The molecule has 1 atom stereocenters. The molecule has 4 aromatic heterocycles. The van der Waals surface area contributed by atoms with Crippen LogP contribution in [0.5, 0.6) is 5.75 Å². The summed E-state index contributed by atoms with van der Waals surface area (Å²) >= 11 is 0. The maximum atomic E-state index is 5.61. The van der Waals surface area contributed by atoms with E-state index in [1.54, 1.807) is 19.5 Å². The Morgan fingerprint density at radius 3 is 2.90 bits per heavy atom. The van der Waals surface area contributed by atoms with Gasteiger partial charge in [-0.1, -0.05) is 6.07 Å². The van der Waals surface area contributed by atoms with Gasteiger partial charge in [-0.25, -0.2) is 9.97 Å². The minimum absolute atomic E-state index is 0.419. The van der Waals surface area contributed by atoms with Crippen LogP contribution in [0, 0.1) is 0 Å². The van der Waals surface area contributed by atoms with Crippen LogP contribution < -0.4 is 15.4 Å². The molecule has 4 aromatic rings. The molecule has 1 aliphatic heterocycles. The van der Waals surface area contributed by atoms with E-state index in [0.29, 0.717) is 6.04 Å². The van der Waals surface area contributed by atoms with Crippen molar-refractivity contribution in [3.05, 3.63) is 61.2 Å². The zero-order valence-electron chi connectivity index (χ0n) is 16.2. The van der Waals surface area contributed by atoms with Gasteiger partial charge in [0.1, 0.15) is 17.2 Å². The van der Waals surface area contributed by atoms with Crippen molar-refractivity contribution >= 4 is 11.5 Å². The highest BCUT2D eigenvalue weighted by molar-refractivity contribution is 5.74. The summed E-state index contributed by atoms with van der Waals surface area (Å²) in [4.78, 5) is 13.5. The number of imidazole rings is 1. The Hall–Kier alpha value is -3.45. The Morgan fingerprint density at radius 2 is 2.10 bits per heavy atom. The van der Waals surface area contributed by atoms with Crippen LogP contribution >= 0.6 is 0 Å². The van der Waals surface area contributed by atoms with E-state index in [0.717, 1.165) is 59.2 Å². The normalized spacial score (nSPS) is 16.2. The molecule has 0 radical (unpaired) electrons. The third-order valence-electron chi connectivity index (χ3n) is 5.24. The summed E-state index contributed by atoms with van der Waals surface area (Å²) < 4.78 is 7.67. The van der Waals surface area contributed by atoms with Crippen molar-refractivity contribution in [2.45, 2.75) is 12.5 Å². The lowest BCUT2D eigenvalue weighted by molar-refractivity contribution is 0.416. The first kappa shape index (κ1) is 17.6. The zero-order chi connectivity index (χ0) is 19.6. The predicted octanol–water partition coefficient (Wildman–Crippen LogP) is 3.24. The number of nitrogens with zero attached hydrogens (tertiary/aromatic N) is 4. The van der Waals surface area contributed by atoms with Gasteiger partial charge < -0.3 is 15.4 Å². The number of nitrogens with one attached hydrogen (secondary N) is 2. The number of anilines is 1. The summed E-state index contributed by atoms with van der Waals surface area (Å²) in [5, 5.41) is 6.89. The molecular weight excluding hydrogens is 364 g/mol. The van der Waals surface area contributed by atoms with Crippen LogP contribution in [0.1, 0.15) is 6.42 Å². The smallest absolute Gasteiger partial charge is 0.140 e. The number of pyridine rings is 3. The molecule has 29 heavy (non-hydrogen) atoms. The first-order valence-electron chi connectivity index (χ1n) is 9.72. The van der Waals surface area contributed by atoms with Crippen molar-refractivity contribution in [2.24, 2.45) is 0 Å². The number of fused-ring (bicyclic) bond motifs is 1. The van der Waals surface area contributed by atoms with Gasteiger partial charge in [0, 0.05) is 42.8 Å². The lowest BCUT2D eigenvalue weighted by Gasteiger charge is -2.13. The summed E-state index contributed by atoms with van der Waals surface area (Å²) in [6.07, 6.45) is 8.57. The van der Waals surface area contributed by atoms with Crippen molar-refractivity contribution in [2.75, 3.05) is 25.5 Å². The van der Waals surface area contributed by atoms with Gasteiger partial charge in [-0.2, -0.15) is 0 Å². The van der Waals surface area contributed by atoms with E-state index in [1.165, 1.54) is 0 Å². The lowest BCUT2D eigenvalue weighted by atomic mass is 10.1. The van der Waals surface area contributed by atoms with E-state index in [2.05, 4.69) is 31.2 Å². The summed E-state index contributed by atoms with van der Waals surface area (Å²) in [5.41, 5.74) is 4.64. The molecule has 1 unspecified atom stereocenters. The summed E-state index contributed by atoms with van der Waals surface area (Å²) in [6, 6.07) is 12.4. The van der Waals surface area contributed by atoms with E-state index in [9.17, 15) is 0 Å². The van der Waals surface area contributed by atoms with Crippen LogP contribution in [0.4, 0.5) is 5.82 Å². The molecule has 1 fully saturated rings. The number of aromatic nitrogens is 4. The van der Waals surface area contributed by atoms with Gasteiger partial charge in [-0.05, 0) is 42.8 Å². The average Bonchev–Trinajstić information content (AvgIpc) is 3.43. The van der Waals surface area contributed by atoms with E-state index in [-0.39, 0.29) is 0 Å². The maximum absolute atomic E-state index is 5.61. The van der Waals surface area contributed by atoms with Gasteiger partial charge in [0.25, 0.3) is 0 Å². The molecule has 0 saturated carbocycles. The Balaban J connectivity index is 1.57. The first-order chi connectivity index (χ1) is 14.3. The number of hydrogen-bond donors (Lipinski definition) is 2. The molecule has 0 bridgehead atoms. The minimum atomic E-state index is 0.419. The third-order valence-corrected chi connectivity index (χ3v) is 5.24. The van der Waals surface area contributed by atoms with Crippen LogP contribution in [-0.2, 0) is 0 Å². The minimum Gasteiger partial charge on any atom is -0.496 e. The van der Waals surface area contributed by atoms with Crippen molar-refractivity contribution in [1.29, 1.82) is 0 Å². The molecule has 2 N–H and O–H groups in total. The van der Waals surface area contributed by atoms with E-state index >= 15 is 0 Å². The molecule has 146 valence electrons. The molecule has 0 aromatic carbocycles. The van der Waals surface area contributed by atoms with Crippen molar-refractivity contribution in [1.82, 2.24) is 24.7 Å². The van der Waals surface area contributed by atoms with Crippen molar-refractivity contribution < 1.29 is 4.74 Å². The molecule has 7 nitrogen and oxygen atoms in total. The third kappa shape index (κ3) is 3.40. The van der Waals surface area contributed by atoms with E-state index in [4.69, 9.17) is 9.72 Å². The van der Waals surface area contributed by atoms with Crippen molar-refractivity contribution in [3.8, 4) is 28.3 Å².